The summed E-state index contributed by atoms with van der Waals surface area (Å²) in [6, 6.07) is 6.93. The molecule has 2 fully saturated rings. The van der Waals surface area contributed by atoms with Gasteiger partial charge in [0.05, 0.1) is 5.92 Å². The molecule has 114 valence electrons. The fraction of sp³-hybridized carbons (Fsp3) is 0.438. The molecule has 6 heteroatoms. The monoisotopic (exact) mass is 301 g/mol. The Morgan fingerprint density at radius 3 is 2.64 bits per heavy atom. The number of benzene rings is 1. The fourth-order valence-corrected chi connectivity index (χ4v) is 3.99. The van der Waals surface area contributed by atoms with E-state index in [2.05, 4.69) is 0 Å². The number of fused-ring (bicyclic) bond motifs is 7. The summed E-state index contributed by atoms with van der Waals surface area (Å²) in [5.74, 6) is -3.88. The minimum atomic E-state index is -1.35. The van der Waals surface area contributed by atoms with Crippen molar-refractivity contribution in [2.75, 3.05) is 13.7 Å². The van der Waals surface area contributed by atoms with Gasteiger partial charge in [0.25, 0.3) is 0 Å². The van der Waals surface area contributed by atoms with Crippen LogP contribution >= 0.6 is 0 Å². The van der Waals surface area contributed by atoms with Gasteiger partial charge in [0.15, 0.2) is 5.78 Å². The molecule has 0 aliphatic carbocycles. The second-order valence-corrected chi connectivity index (χ2v) is 5.74. The summed E-state index contributed by atoms with van der Waals surface area (Å²) in [4.78, 5) is 39.1. The van der Waals surface area contributed by atoms with Crippen molar-refractivity contribution in [2.45, 2.75) is 18.8 Å². The predicted octanol–water partition coefficient (Wildman–Crippen LogP) is 0.702. The molecule has 2 saturated heterocycles. The van der Waals surface area contributed by atoms with Gasteiger partial charge in [-0.2, -0.15) is 0 Å². The first-order valence-electron chi connectivity index (χ1n) is 7.28. The van der Waals surface area contributed by atoms with Gasteiger partial charge >= 0.3 is 0 Å². The van der Waals surface area contributed by atoms with Crippen molar-refractivity contribution >= 4 is 17.6 Å². The molecule has 0 N–H and O–H groups in total. The summed E-state index contributed by atoms with van der Waals surface area (Å²) in [5.41, 5.74) is 1.00. The van der Waals surface area contributed by atoms with E-state index in [0.29, 0.717) is 11.1 Å². The van der Waals surface area contributed by atoms with Crippen LogP contribution in [0.1, 0.15) is 22.8 Å². The zero-order chi connectivity index (χ0) is 15.6. The molecule has 0 saturated carbocycles. The molecule has 22 heavy (non-hydrogen) atoms. The van der Waals surface area contributed by atoms with E-state index in [-0.39, 0.29) is 24.1 Å². The molecule has 4 atom stereocenters. The summed E-state index contributed by atoms with van der Waals surface area (Å²) in [6.45, 7) is 2.02. The Kier molecular flexibility index (Phi) is 2.62. The Balaban J connectivity index is 1.97. The molecule has 0 spiro atoms. The van der Waals surface area contributed by atoms with Gasteiger partial charge in [0.1, 0.15) is 12.0 Å². The van der Waals surface area contributed by atoms with Crippen LogP contribution in [0.5, 0.6) is 0 Å². The molecule has 4 rings (SSSR count). The van der Waals surface area contributed by atoms with Crippen LogP contribution in [-0.4, -0.2) is 42.3 Å². The molecular formula is C16H15NO5. The third kappa shape index (κ3) is 1.30. The minimum Gasteiger partial charge on any atom is -0.349 e. The van der Waals surface area contributed by atoms with Crippen molar-refractivity contribution in [3.8, 4) is 0 Å². The predicted molar refractivity (Wildman–Crippen MR) is 73.7 cm³/mol. The third-order valence-corrected chi connectivity index (χ3v) is 4.93. The Bertz CT molecular complexity index is 714. The average Bonchev–Trinajstić information content (AvgIpc) is 2.99. The molecule has 3 heterocycles. The van der Waals surface area contributed by atoms with Crippen molar-refractivity contribution in [1.82, 2.24) is 4.90 Å². The Labute approximate surface area is 127 Å². The lowest BCUT2D eigenvalue weighted by Gasteiger charge is -2.36. The lowest BCUT2D eigenvalue weighted by molar-refractivity contribution is -0.237. The molecule has 1 aromatic rings. The van der Waals surface area contributed by atoms with Gasteiger partial charge < -0.3 is 9.47 Å². The number of methoxy groups -OCH3 is 1. The van der Waals surface area contributed by atoms with Gasteiger partial charge in [0.2, 0.25) is 17.6 Å². The summed E-state index contributed by atoms with van der Waals surface area (Å²) < 4.78 is 11.4. The number of hydrogen-bond acceptors (Lipinski definition) is 5. The summed E-state index contributed by atoms with van der Waals surface area (Å²) in [5, 5.41) is 0. The maximum atomic E-state index is 12.7. The highest BCUT2D eigenvalue weighted by Crippen LogP contribution is 2.56. The lowest BCUT2D eigenvalue weighted by atomic mass is 9.86. The number of carbonyl (C=O) groups excluding carboxylic acids is 3. The number of carbonyl (C=O) groups is 3. The van der Waals surface area contributed by atoms with Gasteiger partial charge in [0, 0.05) is 24.8 Å². The van der Waals surface area contributed by atoms with Gasteiger partial charge in [-0.3, -0.25) is 19.3 Å². The number of nitrogens with zero attached hydrogens (tertiary/aromatic N) is 1. The SMILES string of the molecule is CCN1C(=O)[C@@H]2[C@@H]3O[C@@](OC)(c4ccccc4C3=O)[C@@H]2C1=O. The van der Waals surface area contributed by atoms with Crippen molar-refractivity contribution in [3.63, 3.8) is 0 Å². The number of Topliss-reactive ketones (excluding diaryl/α,β-unsaturated/α-hetero) is 1. The molecule has 0 aromatic heterocycles. The van der Waals surface area contributed by atoms with Gasteiger partial charge in [-0.15, -0.1) is 0 Å². The van der Waals surface area contributed by atoms with Gasteiger partial charge in [-0.05, 0) is 6.92 Å². The van der Waals surface area contributed by atoms with Crippen LogP contribution < -0.4 is 0 Å². The number of ether oxygens (including phenoxy) is 2. The summed E-state index contributed by atoms with van der Waals surface area (Å²) in [7, 11) is 1.44. The van der Waals surface area contributed by atoms with Crippen LogP contribution in [0.15, 0.2) is 24.3 Å². The Morgan fingerprint density at radius 2 is 1.95 bits per heavy atom. The van der Waals surface area contributed by atoms with E-state index in [1.54, 1.807) is 31.2 Å². The van der Waals surface area contributed by atoms with Crippen LogP contribution in [0.2, 0.25) is 0 Å². The topological polar surface area (TPSA) is 72.9 Å². The fourth-order valence-electron chi connectivity index (χ4n) is 3.99. The molecular weight excluding hydrogens is 286 g/mol. The quantitative estimate of drug-likeness (QED) is 0.752. The molecule has 0 unspecified atom stereocenters. The van der Waals surface area contributed by atoms with Crippen LogP contribution in [0.25, 0.3) is 0 Å². The highest BCUT2D eigenvalue weighted by Gasteiger charge is 2.71. The number of hydrogen-bond donors (Lipinski definition) is 0. The van der Waals surface area contributed by atoms with E-state index in [1.807, 2.05) is 0 Å². The van der Waals surface area contributed by atoms with Crippen LogP contribution in [0, 0.1) is 11.8 Å². The first-order chi connectivity index (χ1) is 10.6. The van der Waals surface area contributed by atoms with Crippen molar-refractivity contribution in [1.29, 1.82) is 0 Å². The van der Waals surface area contributed by atoms with E-state index >= 15 is 0 Å². The standard InChI is InChI=1S/C16H15NO5/c1-3-17-14(19)10-11(15(17)20)16(21-2)9-7-5-4-6-8(9)12(18)13(10)22-16/h4-7,10-11,13H,3H2,1-2H3/t10-,11-,13-,16-/m0/s1. The molecule has 6 nitrogen and oxygen atoms in total. The Morgan fingerprint density at radius 1 is 1.23 bits per heavy atom. The number of imide groups is 1. The zero-order valence-corrected chi connectivity index (χ0v) is 12.2. The highest BCUT2D eigenvalue weighted by atomic mass is 16.7. The van der Waals surface area contributed by atoms with E-state index in [0.717, 1.165) is 0 Å². The second kappa shape index (κ2) is 4.24. The van der Waals surface area contributed by atoms with Crippen LogP contribution in [0.4, 0.5) is 0 Å². The number of ketones is 1. The van der Waals surface area contributed by atoms with Gasteiger partial charge in [-0.1, -0.05) is 24.3 Å². The smallest absolute Gasteiger partial charge is 0.239 e. The van der Waals surface area contributed by atoms with Crippen LogP contribution in [0.3, 0.4) is 0 Å². The number of amides is 2. The van der Waals surface area contributed by atoms with E-state index in [1.165, 1.54) is 12.0 Å². The normalized spacial score (nSPS) is 35.8. The minimum absolute atomic E-state index is 0.255. The summed E-state index contributed by atoms with van der Waals surface area (Å²) in [6.07, 6.45) is -0.951. The highest BCUT2D eigenvalue weighted by molar-refractivity contribution is 6.13. The van der Waals surface area contributed by atoms with E-state index < -0.39 is 23.7 Å². The molecule has 3 aliphatic rings. The van der Waals surface area contributed by atoms with Gasteiger partial charge in [-0.25, -0.2) is 0 Å². The lowest BCUT2D eigenvalue weighted by Crippen LogP contribution is -2.46. The van der Waals surface area contributed by atoms with E-state index in [9.17, 15) is 14.4 Å². The maximum Gasteiger partial charge on any atom is 0.239 e. The Hall–Kier alpha value is -2.05. The molecule has 1 aromatic carbocycles. The average molecular weight is 301 g/mol. The third-order valence-electron chi connectivity index (χ3n) is 4.93. The number of rotatable bonds is 2. The molecule has 3 aliphatic heterocycles. The van der Waals surface area contributed by atoms with E-state index in [4.69, 9.17) is 9.47 Å². The van der Waals surface area contributed by atoms with Crippen molar-refractivity contribution in [2.24, 2.45) is 11.8 Å². The largest absolute Gasteiger partial charge is 0.349 e. The molecule has 2 amide bonds. The second-order valence-electron chi connectivity index (χ2n) is 5.74. The maximum absolute atomic E-state index is 12.7. The molecule has 0 radical (unpaired) electrons. The van der Waals surface area contributed by atoms with Crippen molar-refractivity contribution in [3.05, 3.63) is 35.4 Å². The molecule has 2 bridgehead atoms. The zero-order valence-electron chi connectivity index (χ0n) is 12.2. The summed E-state index contributed by atoms with van der Waals surface area (Å²) >= 11 is 0. The number of likely N-dealkylation sites (tertiary alicyclic amines) is 1. The van der Waals surface area contributed by atoms with Crippen LogP contribution in [-0.2, 0) is 24.8 Å². The van der Waals surface area contributed by atoms with Crippen molar-refractivity contribution < 1.29 is 23.9 Å². The first-order valence-corrected chi connectivity index (χ1v) is 7.28. The first kappa shape index (κ1) is 13.6.